The molecule has 12 heavy (non-hydrogen) atoms. The normalized spacial score (nSPS) is 28.8. The SMILES string of the molecule is CC(N)C(C)CCC1CCCO1. The standard InChI is InChI=1S/C10H21NO/c1-8(9(2)11)5-6-10-4-3-7-12-10/h8-10H,3-7,11H2,1-2H3. The lowest BCUT2D eigenvalue weighted by Crippen LogP contribution is -2.25. The Bertz CT molecular complexity index is 117. The third-order valence-electron chi connectivity index (χ3n) is 2.87. The maximum atomic E-state index is 5.78. The van der Waals surface area contributed by atoms with E-state index in [0.29, 0.717) is 18.1 Å². The van der Waals surface area contributed by atoms with E-state index >= 15 is 0 Å². The van der Waals surface area contributed by atoms with Gasteiger partial charge in [-0.1, -0.05) is 6.92 Å². The summed E-state index contributed by atoms with van der Waals surface area (Å²) in [4.78, 5) is 0. The van der Waals surface area contributed by atoms with Crippen molar-refractivity contribution >= 4 is 0 Å². The molecule has 1 rings (SSSR count). The largest absolute Gasteiger partial charge is 0.378 e. The van der Waals surface area contributed by atoms with Crippen molar-refractivity contribution in [2.24, 2.45) is 11.7 Å². The van der Waals surface area contributed by atoms with Crippen LogP contribution < -0.4 is 5.73 Å². The van der Waals surface area contributed by atoms with Crippen LogP contribution in [0.3, 0.4) is 0 Å². The summed E-state index contributed by atoms with van der Waals surface area (Å²) in [6.45, 7) is 5.27. The fourth-order valence-electron chi connectivity index (χ4n) is 1.58. The Morgan fingerprint density at radius 3 is 2.75 bits per heavy atom. The molecule has 3 atom stereocenters. The molecule has 2 N–H and O–H groups in total. The smallest absolute Gasteiger partial charge is 0.0576 e. The molecule has 1 fully saturated rings. The van der Waals surface area contributed by atoms with Crippen molar-refractivity contribution in [2.75, 3.05) is 6.61 Å². The van der Waals surface area contributed by atoms with Crippen molar-refractivity contribution in [2.45, 2.75) is 51.7 Å². The molecule has 0 aromatic heterocycles. The van der Waals surface area contributed by atoms with Crippen LogP contribution in [0.2, 0.25) is 0 Å². The van der Waals surface area contributed by atoms with Gasteiger partial charge in [0.05, 0.1) is 6.10 Å². The van der Waals surface area contributed by atoms with Crippen LogP contribution in [-0.2, 0) is 4.74 Å². The van der Waals surface area contributed by atoms with Gasteiger partial charge in [0.2, 0.25) is 0 Å². The molecule has 1 aliphatic heterocycles. The maximum absolute atomic E-state index is 5.78. The number of rotatable bonds is 4. The summed E-state index contributed by atoms with van der Waals surface area (Å²) in [6.07, 6.45) is 5.44. The number of nitrogens with two attached hydrogens (primary N) is 1. The highest BCUT2D eigenvalue weighted by atomic mass is 16.5. The molecule has 1 aliphatic rings. The summed E-state index contributed by atoms with van der Waals surface area (Å²) in [5.74, 6) is 0.634. The van der Waals surface area contributed by atoms with Crippen molar-refractivity contribution in [3.63, 3.8) is 0 Å². The molecule has 0 aliphatic carbocycles. The van der Waals surface area contributed by atoms with Crippen LogP contribution in [0.1, 0.15) is 39.5 Å². The summed E-state index contributed by atoms with van der Waals surface area (Å²) >= 11 is 0. The van der Waals surface area contributed by atoms with E-state index in [4.69, 9.17) is 10.5 Å². The molecule has 1 heterocycles. The Morgan fingerprint density at radius 1 is 1.50 bits per heavy atom. The minimum absolute atomic E-state index is 0.325. The van der Waals surface area contributed by atoms with Crippen LogP contribution in [0.25, 0.3) is 0 Å². The first-order chi connectivity index (χ1) is 5.70. The lowest BCUT2D eigenvalue weighted by molar-refractivity contribution is 0.0979. The first kappa shape index (κ1) is 10.0. The summed E-state index contributed by atoms with van der Waals surface area (Å²) in [6, 6.07) is 0.325. The molecule has 2 nitrogen and oxygen atoms in total. The Labute approximate surface area is 75.5 Å². The van der Waals surface area contributed by atoms with E-state index in [1.54, 1.807) is 0 Å². The minimum Gasteiger partial charge on any atom is -0.378 e. The summed E-state index contributed by atoms with van der Waals surface area (Å²) in [5.41, 5.74) is 5.78. The first-order valence-corrected chi connectivity index (χ1v) is 5.07. The van der Waals surface area contributed by atoms with Crippen molar-refractivity contribution in [3.05, 3.63) is 0 Å². The number of hydrogen-bond donors (Lipinski definition) is 1. The van der Waals surface area contributed by atoms with E-state index in [2.05, 4.69) is 13.8 Å². The Morgan fingerprint density at radius 2 is 2.25 bits per heavy atom. The van der Waals surface area contributed by atoms with Crippen molar-refractivity contribution < 1.29 is 4.74 Å². The molecule has 0 bridgehead atoms. The van der Waals surface area contributed by atoms with Crippen LogP contribution in [0.15, 0.2) is 0 Å². The van der Waals surface area contributed by atoms with Gasteiger partial charge in [0.25, 0.3) is 0 Å². The van der Waals surface area contributed by atoms with Crippen LogP contribution in [0.5, 0.6) is 0 Å². The lowest BCUT2D eigenvalue weighted by Gasteiger charge is -2.17. The molecule has 0 spiro atoms. The Balaban J connectivity index is 2.07. The molecular weight excluding hydrogens is 150 g/mol. The summed E-state index contributed by atoms with van der Waals surface area (Å²) in [7, 11) is 0. The molecule has 1 saturated heterocycles. The van der Waals surface area contributed by atoms with Crippen LogP contribution >= 0.6 is 0 Å². The minimum atomic E-state index is 0.325. The van der Waals surface area contributed by atoms with Crippen molar-refractivity contribution in [3.8, 4) is 0 Å². The van der Waals surface area contributed by atoms with E-state index in [9.17, 15) is 0 Å². The van der Waals surface area contributed by atoms with Gasteiger partial charge in [-0.3, -0.25) is 0 Å². The molecule has 0 amide bonds. The average molecular weight is 171 g/mol. The molecule has 0 radical (unpaired) electrons. The quantitative estimate of drug-likeness (QED) is 0.701. The van der Waals surface area contributed by atoms with E-state index < -0.39 is 0 Å². The van der Waals surface area contributed by atoms with Gasteiger partial charge in [0, 0.05) is 12.6 Å². The summed E-state index contributed by atoms with van der Waals surface area (Å²) in [5, 5.41) is 0. The van der Waals surface area contributed by atoms with Gasteiger partial charge in [-0.05, 0) is 38.5 Å². The first-order valence-electron chi connectivity index (χ1n) is 5.07. The van der Waals surface area contributed by atoms with E-state index in [1.165, 1.54) is 25.7 Å². The van der Waals surface area contributed by atoms with Gasteiger partial charge >= 0.3 is 0 Å². The van der Waals surface area contributed by atoms with Gasteiger partial charge in [-0.15, -0.1) is 0 Å². The molecule has 2 heteroatoms. The van der Waals surface area contributed by atoms with Gasteiger partial charge in [0.1, 0.15) is 0 Å². The van der Waals surface area contributed by atoms with Gasteiger partial charge in [-0.2, -0.15) is 0 Å². The molecule has 3 unspecified atom stereocenters. The second kappa shape index (κ2) is 4.83. The van der Waals surface area contributed by atoms with Crippen LogP contribution in [0, 0.1) is 5.92 Å². The predicted octanol–water partition coefficient (Wildman–Crippen LogP) is 1.93. The zero-order valence-corrected chi connectivity index (χ0v) is 8.25. The molecule has 0 saturated carbocycles. The zero-order chi connectivity index (χ0) is 8.97. The number of ether oxygens (including phenoxy) is 1. The van der Waals surface area contributed by atoms with E-state index in [-0.39, 0.29) is 0 Å². The highest BCUT2D eigenvalue weighted by Gasteiger charge is 2.17. The maximum Gasteiger partial charge on any atom is 0.0576 e. The zero-order valence-electron chi connectivity index (χ0n) is 8.25. The van der Waals surface area contributed by atoms with Crippen LogP contribution in [-0.4, -0.2) is 18.8 Å². The fraction of sp³-hybridized carbons (Fsp3) is 1.00. The Hall–Kier alpha value is -0.0800. The highest BCUT2D eigenvalue weighted by Crippen LogP contribution is 2.20. The fourth-order valence-corrected chi connectivity index (χ4v) is 1.58. The van der Waals surface area contributed by atoms with Crippen molar-refractivity contribution in [1.29, 1.82) is 0 Å². The molecule has 0 aromatic rings. The van der Waals surface area contributed by atoms with Gasteiger partial charge < -0.3 is 10.5 Å². The topological polar surface area (TPSA) is 35.2 Å². The van der Waals surface area contributed by atoms with E-state index in [1.807, 2.05) is 0 Å². The van der Waals surface area contributed by atoms with Gasteiger partial charge in [0.15, 0.2) is 0 Å². The monoisotopic (exact) mass is 171 g/mol. The second-order valence-electron chi connectivity index (χ2n) is 4.05. The third-order valence-corrected chi connectivity index (χ3v) is 2.87. The van der Waals surface area contributed by atoms with Crippen molar-refractivity contribution in [1.82, 2.24) is 0 Å². The van der Waals surface area contributed by atoms with Gasteiger partial charge in [-0.25, -0.2) is 0 Å². The Kier molecular flexibility index (Phi) is 4.02. The molecule has 72 valence electrons. The second-order valence-corrected chi connectivity index (χ2v) is 4.05. The molecular formula is C10H21NO. The predicted molar refractivity (Wildman–Crippen MR) is 51.0 cm³/mol. The summed E-state index contributed by atoms with van der Waals surface area (Å²) < 4.78 is 5.54. The third kappa shape index (κ3) is 3.11. The van der Waals surface area contributed by atoms with E-state index in [0.717, 1.165) is 6.61 Å². The lowest BCUT2D eigenvalue weighted by atomic mass is 9.96. The molecule has 0 aromatic carbocycles. The number of hydrogen-bond acceptors (Lipinski definition) is 2. The highest BCUT2D eigenvalue weighted by molar-refractivity contribution is 4.69. The average Bonchev–Trinajstić information content (AvgIpc) is 2.51. The van der Waals surface area contributed by atoms with Crippen LogP contribution in [0.4, 0.5) is 0 Å².